The Balaban J connectivity index is 2.47. The predicted octanol–water partition coefficient (Wildman–Crippen LogP) is 1.38. The Bertz CT molecular complexity index is 431. The number of benzene rings is 1. The molecule has 16 heavy (non-hydrogen) atoms. The lowest BCUT2D eigenvalue weighted by molar-refractivity contribution is -0.150. The fraction of sp³-hybridized carbons (Fsp3) is 0.300. The Hall–Kier alpha value is -1.27. The minimum absolute atomic E-state index is 0.0761. The van der Waals surface area contributed by atoms with Crippen molar-refractivity contribution in [1.29, 1.82) is 0 Å². The molecule has 0 bridgehead atoms. The van der Waals surface area contributed by atoms with Crippen LogP contribution in [-0.2, 0) is 9.53 Å². The first-order valence-electron chi connectivity index (χ1n) is 4.49. The maximum absolute atomic E-state index is 11.3. The molecule has 86 valence electrons. The molecule has 2 rings (SSSR count). The van der Waals surface area contributed by atoms with Crippen LogP contribution in [0, 0.1) is 0 Å². The monoisotopic (exact) mass is 288 g/mol. The molecule has 0 amide bonds. The number of carbonyl (C=O) groups is 1. The quantitative estimate of drug-likeness (QED) is 0.833. The van der Waals surface area contributed by atoms with E-state index in [-0.39, 0.29) is 6.79 Å². The lowest BCUT2D eigenvalue weighted by Gasteiger charge is -2.12. The van der Waals surface area contributed by atoms with Crippen molar-refractivity contribution in [2.75, 3.05) is 13.9 Å². The summed E-state index contributed by atoms with van der Waals surface area (Å²) in [5.74, 6) is 0.123. The van der Waals surface area contributed by atoms with Gasteiger partial charge in [-0.2, -0.15) is 0 Å². The van der Waals surface area contributed by atoms with Crippen molar-refractivity contribution in [3.8, 4) is 11.5 Å². The minimum Gasteiger partial charge on any atom is -0.467 e. The van der Waals surface area contributed by atoms with E-state index in [9.17, 15) is 9.90 Å². The summed E-state index contributed by atoms with van der Waals surface area (Å²) in [7, 11) is 1.21. The van der Waals surface area contributed by atoms with Gasteiger partial charge >= 0.3 is 5.97 Å². The Morgan fingerprint density at radius 1 is 1.56 bits per heavy atom. The van der Waals surface area contributed by atoms with Gasteiger partial charge in [0.2, 0.25) is 6.79 Å². The molecule has 0 saturated carbocycles. The summed E-state index contributed by atoms with van der Waals surface area (Å²) in [6.07, 6.45) is -1.39. The smallest absolute Gasteiger partial charge is 0.339 e. The standard InChI is InChI=1S/C10H9BrO5/c1-14-10(13)8(12)7-5(11)2-3-6-9(7)16-4-15-6/h2-3,8,12H,4H2,1H3. The molecule has 0 radical (unpaired) electrons. The van der Waals surface area contributed by atoms with Crippen molar-refractivity contribution in [2.45, 2.75) is 6.10 Å². The molecule has 0 fully saturated rings. The van der Waals surface area contributed by atoms with Crippen LogP contribution in [0.25, 0.3) is 0 Å². The molecule has 0 aromatic heterocycles. The minimum atomic E-state index is -1.39. The number of hydrogen-bond donors (Lipinski definition) is 1. The van der Waals surface area contributed by atoms with Crippen LogP contribution in [0.4, 0.5) is 0 Å². The van der Waals surface area contributed by atoms with Gasteiger partial charge in [-0.25, -0.2) is 4.79 Å². The first-order chi connectivity index (χ1) is 7.65. The zero-order valence-electron chi connectivity index (χ0n) is 8.40. The molecule has 1 N–H and O–H groups in total. The highest BCUT2D eigenvalue weighted by molar-refractivity contribution is 9.10. The average molecular weight is 289 g/mol. The zero-order chi connectivity index (χ0) is 11.7. The van der Waals surface area contributed by atoms with Gasteiger partial charge in [0.1, 0.15) is 0 Å². The number of aliphatic hydroxyl groups excluding tert-OH is 1. The van der Waals surface area contributed by atoms with Gasteiger partial charge in [0.15, 0.2) is 17.6 Å². The molecule has 1 aromatic carbocycles. The van der Waals surface area contributed by atoms with Crippen LogP contribution in [0.2, 0.25) is 0 Å². The molecule has 1 aromatic rings. The Morgan fingerprint density at radius 2 is 2.31 bits per heavy atom. The normalized spacial score (nSPS) is 14.7. The molecular weight excluding hydrogens is 280 g/mol. The number of fused-ring (bicyclic) bond motifs is 1. The molecule has 5 nitrogen and oxygen atoms in total. The molecule has 0 aliphatic carbocycles. The second-order valence-electron chi connectivity index (χ2n) is 3.12. The topological polar surface area (TPSA) is 65.0 Å². The number of rotatable bonds is 2. The average Bonchev–Trinajstić information content (AvgIpc) is 2.75. The lowest BCUT2D eigenvalue weighted by Crippen LogP contribution is -2.14. The van der Waals surface area contributed by atoms with Crippen LogP contribution in [0.15, 0.2) is 16.6 Å². The molecule has 1 heterocycles. The van der Waals surface area contributed by atoms with Gasteiger partial charge in [0.05, 0.1) is 12.7 Å². The summed E-state index contributed by atoms with van der Waals surface area (Å²) in [5.41, 5.74) is 0.321. The highest BCUT2D eigenvalue weighted by Crippen LogP contribution is 2.42. The van der Waals surface area contributed by atoms with E-state index in [0.717, 1.165) is 0 Å². The van der Waals surface area contributed by atoms with Crippen molar-refractivity contribution in [2.24, 2.45) is 0 Å². The van der Waals surface area contributed by atoms with Gasteiger partial charge in [-0.1, -0.05) is 15.9 Å². The third-order valence-electron chi connectivity index (χ3n) is 2.22. The fourth-order valence-electron chi connectivity index (χ4n) is 1.45. The third kappa shape index (κ3) is 1.74. The number of ether oxygens (including phenoxy) is 3. The van der Waals surface area contributed by atoms with E-state index in [1.165, 1.54) is 7.11 Å². The van der Waals surface area contributed by atoms with Crippen LogP contribution >= 0.6 is 15.9 Å². The highest BCUT2D eigenvalue weighted by atomic mass is 79.9. The van der Waals surface area contributed by atoms with Crippen LogP contribution in [0.3, 0.4) is 0 Å². The van der Waals surface area contributed by atoms with Crippen LogP contribution in [0.1, 0.15) is 11.7 Å². The zero-order valence-corrected chi connectivity index (χ0v) is 9.98. The van der Waals surface area contributed by atoms with Crippen molar-refractivity contribution in [3.05, 3.63) is 22.2 Å². The second kappa shape index (κ2) is 4.31. The Kier molecular flexibility index (Phi) is 3.02. The number of aliphatic hydroxyl groups is 1. The Labute approximate surface area is 100 Å². The van der Waals surface area contributed by atoms with Gasteiger partial charge in [-0.05, 0) is 12.1 Å². The summed E-state index contributed by atoms with van der Waals surface area (Å²) >= 11 is 3.24. The number of methoxy groups -OCH3 is 1. The molecule has 6 heteroatoms. The molecule has 0 spiro atoms. The van der Waals surface area contributed by atoms with E-state index < -0.39 is 12.1 Å². The first-order valence-corrected chi connectivity index (χ1v) is 5.28. The van der Waals surface area contributed by atoms with Gasteiger partial charge in [0.25, 0.3) is 0 Å². The summed E-state index contributed by atoms with van der Waals surface area (Å²) < 4.78 is 15.4. The maximum Gasteiger partial charge on any atom is 0.339 e. The maximum atomic E-state index is 11.3. The van der Waals surface area contributed by atoms with Crippen LogP contribution < -0.4 is 9.47 Å². The molecule has 1 aliphatic heterocycles. The fourth-order valence-corrected chi connectivity index (χ4v) is 1.98. The van der Waals surface area contributed by atoms with E-state index in [1.807, 2.05) is 0 Å². The first kappa shape index (κ1) is 11.2. The van der Waals surface area contributed by atoms with Gasteiger partial charge in [0, 0.05) is 4.47 Å². The number of hydrogen-bond acceptors (Lipinski definition) is 5. The molecule has 0 saturated heterocycles. The molecule has 1 aliphatic rings. The van der Waals surface area contributed by atoms with Crippen LogP contribution in [-0.4, -0.2) is 25.0 Å². The van der Waals surface area contributed by atoms with E-state index >= 15 is 0 Å². The van der Waals surface area contributed by atoms with Gasteiger partial charge in [-0.15, -0.1) is 0 Å². The van der Waals surface area contributed by atoms with Crippen molar-refractivity contribution in [1.82, 2.24) is 0 Å². The SMILES string of the molecule is COC(=O)C(O)c1c(Br)ccc2c1OCO2. The van der Waals surface area contributed by atoms with Crippen LogP contribution in [0.5, 0.6) is 11.5 Å². The summed E-state index contributed by atoms with van der Waals surface area (Å²) in [6.45, 7) is 0.0761. The Morgan fingerprint density at radius 3 is 3.00 bits per heavy atom. The summed E-state index contributed by atoms with van der Waals surface area (Å²) in [5, 5.41) is 9.79. The molecular formula is C10H9BrO5. The van der Waals surface area contributed by atoms with Gasteiger partial charge in [-0.3, -0.25) is 0 Å². The molecule has 1 atom stereocenters. The number of esters is 1. The van der Waals surface area contributed by atoms with Gasteiger partial charge < -0.3 is 19.3 Å². The second-order valence-corrected chi connectivity index (χ2v) is 3.97. The molecule has 1 unspecified atom stereocenters. The van der Waals surface area contributed by atoms with Crippen molar-refractivity contribution < 1.29 is 24.1 Å². The van der Waals surface area contributed by atoms with E-state index in [0.29, 0.717) is 21.5 Å². The summed E-state index contributed by atoms with van der Waals surface area (Å²) in [4.78, 5) is 11.3. The number of halogens is 1. The lowest BCUT2D eigenvalue weighted by atomic mass is 10.1. The van der Waals surface area contributed by atoms with Crippen molar-refractivity contribution >= 4 is 21.9 Å². The number of carbonyl (C=O) groups excluding carboxylic acids is 1. The highest BCUT2D eigenvalue weighted by Gasteiger charge is 2.29. The van der Waals surface area contributed by atoms with E-state index in [1.54, 1.807) is 12.1 Å². The largest absolute Gasteiger partial charge is 0.467 e. The van der Waals surface area contributed by atoms with Crippen molar-refractivity contribution in [3.63, 3.8) is 0 Å². The van der Waals surface area contributed by atoms with E-state index in [2.05, 4.69) is 20.7 Å². The predicted molar refractivity (Wildman–Crippen MR) is 57.2 cm³/mol. The van der Waals surface area contributed by atoms with E-state index in [4.69, 9.17) is 9.47 Å². The third-order valence-corrected chi connectivity index (χ3v) is 2.91. The summed E-state index contributed by atoms with van der Waals surface area (Å²) in [6, 6.07) is 3.37.